The van der Waals surface area contributed by atoms with Crippen LogP contribution in [0.3, 0.4) is 0 Å². The molecule has 0 amide bonds. The van der Waals surface area contributed by atoms with Gasteiger partial charge in [0, 0.05) is 95.4 Å². The fourth-order valence-electron chi connectivity index (χ4n) is 13.6. The minimum atomic E-state index is 0.595. The summed E-state index contributed by atoms with van der Waals surface area (Å²) < 4.78 is 9.88. The van der Waals surface area contributed by atoms with Gasteiger partial charge in [0.15, 0.2) is 17.5 Å². The van der Waals surface area contributed by atoms with Crippen LogP contribution in [0.2, 0.25) is 0 Å². The predicted molar refractivity (Wildman–Crippen MR) is 361 cm³/mol. The smallest absolute Gasteiger partial charge is 0.164 e. The molecule has 5 nitrogen and oxygen atoms in total. The van der Waals surface area contributed by atoms with Crippen molar-refractivity contribution in [1.29, 1.82) is 0 Å². The van der Waals surface area contributed by atoms with Crippen LogP contribution >= 0.6 is 22.7 Å². The van der Waals surface area contributed by atoms with E-state index in [1.807, 2.05) is 0 Å². The summed E-state index contributed by atoms with van der Waals surface area (Å²) in [6, 6.07) is 93.4. The first-order chi connectivity index (χ1) is 41.8. The van der Waals surface area contributed by atoms with Gasteiger partial charge >= 0.3 is 0 Å². The van der Waals surface area contributed by atoms with Crippen LogP contribution < -0.4 is 0 Å². The highest BCUT2D eigenvalue weighted by Crippen LogP contribution is 2.47. The van der Waals surface area contributed by atoms with Gasteiger partial charge in [0.1, 0.15) is 0 Å². The van der Waals surface area contributed by atoms with Crippen molar-refractivity contribution in [2.24, 2.45) is 0 Å². The van der Waals surface area contributed by atoms with E-state index in [9.17, 15) is 0 Å². The second-order valence-corrected chi connectivity index (χ2v) is 24.7. The molecule has 17 rings (SSSR count). The maximum absolute atomic E-state index is 5.54. The van der Waals surface area contributed by atoms with Crippen molar-refractivity contribution < 1.29 is 0 Å². The average Bonchev–Trinajstić information content (AvgIpc) is 2.96. The zero-order chi connectivity index (χ0) is 56.4. The summed E-state index contributed by atoms with van der Waals surface area (Å²) in [4.78, 5) is 16.5. The number of rotatable bonds is 8. The van der Waals surface area contributed by atoms with E-state index >= 15 is 0 Å². The van der Waals surface area contributed by atoms with Gasteiger partial charge < -0.3 is 9.13 Å². The lowest BCUT2D eigenvalue weighted by molar-refractivity contribution is 1.07. The molecule has 0 aliphatic heterocycles. The van der Waals surface area contributed by atoms with Gasteiger partial charge in [-0.15, -0.1) is 22.7 Å². The van der Waals surface area contributed by atoms with Crippen LogP contribution in [0.5, 0.6) is 0 Å². The normalized spacial score (nSPS) is 11.9. The topological polar surface area (TPSA) is 48.5 Å². The Hall–Kier alpha value is -10.3. The van der Waals surface area contributed by atoms with Gasteiger partial charge in [-0.25, -0.2) is 15.0 Å². The Morgan fingerprint density at radius 3 is 1.27 bits per heavy atom. The Bertz CT molecular complexity index is 5320. The molecule has 12 aromatic carbocycles. The van der Waals surface area contributed by atoms with E-state index in [0.717, 1.165) is 61.4 Å². The standard InChI is InChI=1S/C78H51N5S2/c1-46-38-47(2)74(48(3)39-46)51-32-37-68-65(40-51)58-36-33-55(82-66-26-14-10-22-56(66)57-23-11-15-27-67(57)82)45-69(58)83(68)75-63(49-18-6-4-7-19-49)41-54(42-64(75)50-20-8-5-9-21-50)78-80-76(52-30-34-61-59-24-12-16-28-70(59)84-72(61)43-52)79-77(81-78)53-31-35-62-60-25-13-17-29-71(60)85-73(62)44-53/h4-45H,1-3H3. The van der Waals surface area contributed by atoms with E-state index in [1.165, 1.54) is 101 Å². The van der Waals surface area contributed by atoms with Crippen LogP contribution in [0, 0.1) is 20.8 Å². The molecule has 17 aromatic rings. The van der Waals surface area contributed by atoms with Crippen molar-refractivity contribution in [3.8, 4) is 78.9 Å². The minimum Gasteiger partial charge on any atom is -0.309 e. The first-order valence-electron chi connectivity index (χ1n) is 28.9. The van der Waals surface area contributed by atoms with E-state index in [4.69, 9.17) is 15.0 Å². The Morgan fingerprint density at radius 2 is 0.718 bits per heavy atom. The number of thiophene rings is 2. The monoisotopic (exact) mass is 1120 g/mol. The summed E-state index contributed by atoms with van der Waals surface area (Å²) in [6.07, 6.45) is 0. The van der Waals surface area contributed by atoms with Gasteiger partial charge in [-0.2, -0.15) is 0 Å². The van der Waals surface area contributed by atoms with Crippen molar-refractivity contribution in [3.63, 3.8) is 0 Å². The molecule has 0 fully saturated rings. The Labute approximate surface area is 498 Å². The molecule has 0 atom stereocenters. The highest BCUT2D eigenvalue weighted by Gasteiger charge is 2.25. The second-order valence-electron chi connectivity index (χ2n) is 22.5. The maximum Gasteiger partial charge on any atom is 0.164 e. The molecule has 0 spiro atoms. The molecule has 0 N–H and O–H groups in total. The van der Waals surface area contributed by atoms with E-state index < -0.39 is 0 Å². The molecule has 85 heavy (non-hydrogen) atoms. The van der Waals surface area contributed by atoms with Gasteiger partial charge in [0.2, 0.25) is 0 Å². The second kappa shape index (κ2) is 19.4. The predicted octanol–water partition coefficient (Wildman–Crippen LogP) is 21.7. The number of hydrogen-bond acceptors (Lipinski definition) is 5. The van der Waals surface area contributed by atoms with Crippen LogP contribution in [0.4, 0.5) is 0 Å². The first-order valence-corrected chi connectivity index (χ1v) is 30.5. The van der Waals surface area contributed by atoms with Crippen molar-refractivity contribution in [1.82, 2.24) is 24.1 Å². The summed E-state index contributed by atoms with van der Waals surface area (Å²) in [7, 11) is 0. The summed E-state index contributed by atoms with van der Waals surface area (Å²) in [5.41, 5.74) is 20.0. The van der Waals surface area contributed by atoms with E-state index in [0.29, 0.717) is 17.5 Å². The zero-order valence-electron chi connectivity index (χ0n) is 46.8. The maximum atomic E-state index is 5.54. The molecule has 0 saturated carbocycles. The SMILES string of the molecule is Cc1cc(C)c(-c2ccc3c(c2)c2ccc(-n4c5ccccc5c5ccccc54)cc2n3-c2c(-c3ccccc3)cc(-c3nc(-c4ccc5c(c4)sc4ccccc45)nc(-c4ccc5c(c4)sc4ccccc45)n3)cc2-c2ccccc2)c(C)c1. The quantitative estimate of drug-likeness (QED) is 0.152. The third kappa shape index (κ3) is 7.99. The fraction of sp³-hybridized carbons (Fsp3) is 0.0385. The first kappa shape index (κ1) is 49.3. The van der Waals surface area contributed by atoms with E-state index in [1.54, 1.807) is 22.7 Å². The molecular formula is C78H51N5S2. The number of nitrogens with zero attached hydrogens (tertiary/aromatic N) is 5. The number of aryl methyl sites for hydroxylation is 3. The van der Waals surface area contributed by atoms with E-state index in [2.05, 4.69) is 285 Å². The largest absolute Gasteiger partial charge is 0.309 e. The Morgan fingerprint density at radius 1 is 0.282 bits per heavy atom. The lowest BCUT2D eigenvalue weighted by atomic mass is 9.92. The van der Waals surface area contributed by atoms with Crippen LogP contribution in [0.25, 0.3) is 163 Å². The van der Waals surface area contributed by atoms with Gasteiger partial charge in [-0.1, -0.05) is 188 Å². The van der Waals surface area contributed by atoms with Crippen molar-refractivity contribution in [2.75, 3.05) is 0 Å². The number of aromatic nitrogens is 5. The molecular weight excluding hydrogens is 1070 g/mol. The van der Waals surface area contributed by atoms with Crippen LogP contribution in [-0.2, 0) is 0 Å². The van der Waals surface area contributed by atoms with E-state index in [-0.39, 0.29) is 0 Å². The third-order valence-corrected chi connectivity index (χ3v) is 19.5. The number of fused-ring (bicyclic) bond motifs is 12. The summed E-state index contributed by atoms with van der Waals surface area (Å²) >= 11 is 3.61. The highest BCUT2D eigenvalue weighted by atomic mass is 32.1. The van der Waals surface area contributed by atoms with Gasteiger partial charge in [-0.3, -0.25) is 0 Å². The minimum absolute atomic E-state index is 0.595. The average molecular weight is 1120 g/mol. The fourth-order valence-corrected chi connectivity index (χ4v) is 15.8. The van der Waals surface area contributed by atoms with Crippen LogP contribution in [-0.4, -0.2) is 24.1 Å². The van der Waals surface area contributed by atoms with Gasteiger partial charge in [-0.05, 0) is 127 Å². The lowest BCUT2D eigenvalue weighted by Gasteiger charge is -2.21. The number of hydrogen-bond donors (Lipinski definition) is 0. The summed E-state index contributed by atoms with van der Waals surface area (Å²) in [6.45, 7) is 6.67. The number of para-hydroxylation sites is 2. The molecule has 7 heteroatoms. The van der Waals surface area contributed by atoms with Crippen molar-refractivity contribution in [2.45, 2.75) is 20.8 Å². The van der Waals surface area contributed by atoms with Crippen LogP contribution in [0.15, 0.2) is 255 Å². The molecule has 0 bridgehead atoms. The van der Waals surface area contributed by atoms with Crippen LogP contribution in [0.1, 0.15) is 16.7 Å². The number of benzene rings is 12. The highest BCUT2D eigenvalue weighted by molar-refractivity contribution is 7.26. The molecule has 5 heterocycles. The summed E-state index contributed by atoms with van der Waals surface area (Å²) in [5, 5.41) is 9.78. The molecule has 0 radical (unpaired) electrons. The molecule has 400 valence electrons. The Balaban J connectivity index is 0.958. The molecule has 5 aromatic heterocycles. The third-order valence-electron chi connectivity index (χ3n) is 17.2. The zero-order valence-corrected chi connectivity index (χ0v) is 48.4. The van der Waals surface area contributed by atoms with Gasteiger partial charge in [0.25, 0.3) is 0 Å². The summed E-state index contributed by atoms with van der Waals surface area (Å²) in [5.74, 6) is 1.84. The molecule has 0 unspecified atom stereocenters. The van der Waals surface area contributed by atoms with Crippen molar-refractivity contribution >= 4 is 107 Å². The molecule has 0 aliphatic rings. The molecule has 0 saturated heterocycles. The van der Waals surface area contributed by atoms with Crippen molar-refractivity contribution in [3.05, 3.63) is 271 Å². The molecule has 0 aliphatic carbocycles. The Kier molecular flexibility index (Phi) is 11.3. The lowest BCUT2D eigenvalue weighted by Crippen LogP contribution is -2.04. The van der Waals surface area contributed by atoms with Gasteiger partial charge in [0.05, 0.1) is 27.8 Å².